The van der Waals surface area contributed by atoms with Gasteiger partial charge in [-0.1, -0.05) is 13.3 Å². The molecule has 0 heterocycles. The smallest absolute Gasteiger partial charge is 0.0597 e. The highest BCUT2D eigenvalue weighted by Gasteiger charge is 2.40. The van der Waals surface area contributed by atoms with E-state index in [9.17, 15) is 0 Å². The average molecular weight is 242 g/mol. The van der Waals surface area contributed by atoms with Crippen LogP contribution < -0.4 is 5.73 Å². The number of likely N-dealkylation sites (N-methyl/N-ethyl adjacent to an activating group) is 1. The molecule has 3 nitrogen and oxygen atoms in total. The summed E-state index contributed by atoms with van der Waals surface area (Å²) in [5.41, 5.74) is 6.27. The van der Waals surface area contributed by atoms with Crippen LogP contribution in [0.15, 0.2) is 0 Å². The molecule has 0 aliphatic heterocycles. The van der Waals surface area contributed by atoms with Gasteiger partial charge in [0.25, 0.3) is 0 Å². The predicted octanol–water partition coefficient (Wildman–Crippen LogP) is 2.25. The summed E-state index contributed by atoms with van der Waals surface area (Å²) in [6, 6.07) is 0. The van der Waals surface area contributed by atoms with Crippen molar-refractivity contribution in [2.45, 2.75) is 58.1 Å². The summed E-state index contributed by atoms with van der Waals surface area (Å²) in [5.74, 6) is 0.868. The lowest BCUT2D eigenvalue weighted by Crippen LogP contribution is -2.51. The monoisotopic (exact) mass is 242 g/mol. The normalized spacial score (nSPS) is 29.5. The van der Waals surface area contributed by atoms with Crippen LogP contribution in [0.3, 0.4) is 0 Å². The zero-order chi connectivity index (χ0) is 12.9. The van der Waals surface area contributed by atoms with Crippen molar-refractivity contribution < 1.29 is 4.74 Å². The number of hydrogen-bond acceptors (Lipinski definition) is 3. The fraction of sp³-hybridized carbons (Fsp3) is 1.00. The van der Waals surface area contributed by atoms with Gasteiger partial charge >= 0.3 is 0 Å². The molecule has 0 bridgehead atoms. The van der Waals surface area contributed by atoms with E-state index in [0.29, 0.717) is 6.10 Å². The van der Waals surface area contributed by atoms with Crippen LogP contribution in [0.25, 0.3) is 0 Å². The molecular weight excluding hydrogens is 212 g/mol. The summed E-state index contributed by atoms with van der Waals surface area (Å²) in [6.07, 6.45) is 5.46. The minimum Gasteiger partial charge on any atom is -0.377 e. The molecule has 1 aliphatic carbocycles. The average Bonchev–Trinajstić information content (AvgIpc) is 2.73. The molecule has 1 saturated carbocycles. The topological polar surface area (TPSA) is 38.5 Å². The highest BCUT2D eigenvalue weighted by atomic mass is 16.5. The number of nitrogens with two attached hydrogens (primary N) is 1. The third kappa shape index (κ3) is 3.94. The molecule has 0 saturated heterocycles. The minimum atomic E-state index is 0.237. The third-order valence-electron chi connectivity index (χ3n) is 4.33. The molecule has 1 aliphatic rings. The first kappa shape index (κ1) is 14.9. The van der Waals surface area contributed by atoms with Gasteiger partial charge in [0.2, 0.25) is 0 Å². The Hall–Kier alpha value is -0.120. The molecule has 17 heavy (non-hydrogen) atoms. The van der Waals surface area contributed by atoms with E-state index in [1.54, 1.807) is 0 Å². The van der Waals surface area contributed by atoms with E-state index in [1.807, 2.05) is 0 Å². The Labute approximate surface area is 107 Å². The van der Waals surface area contributed by atoms with Gasteiger partial charge in [0.15, 0.2) is 0 Å². The van der Waals surface area contributed by atoms with Crippen molar-refractivity contribution in [2.75, 3.05) is 26.7 Å². The van der Waals surface area contributed by atoms with E-state index in [1.165, 1.54) is 25.7 Å². The Bertz CT molecular complexity index is 220. The second-order valence-corrected chi connectivity index (χ2v) is 5.79. The zero-order valence-corrected chi connectivity index (χ0v) is 12.0. The summed E-state index contributed by atoms with van der Waals surface area (Å²) in [4.78, 5) is 2.44. The van der Waals surface area contributed by atoms with Crippen molar-refractivity contribution in [3.05, 3.63) is 0 Å². The van der Waals surface area contributed by atoms with Gasteiger partial charge in [-0.15, -0.1) is 0 Å². The van der Waals surface area contributed by atoms with Gasteiger partial charge in [-0.2, -0.15) is 0 Å². The summed E-state index contributed by atoms with van der Waals surface area (Å²) < 4.78 is 5.63. The highest BCUT2D eigenvalue weighted by Crippen LogP contribution is 2.39. The van der Waals surface area contributed by atoms with Crippen LogP contribution in [0.5, 0.6) is 0 Å². The van der Waals surface area contributed by atoms with Crippen LogP contribution >= 0.6 is 0 Å². The summed E-state index contributed by atoms with van der Waals surface area (Å²) in [5, 5.41) is 0. The summed E-state index contributed by atoms with van der Waals surface area (Å²) >= 11 is 0. The molecule has 0 amide bonds. The second kappa shape index (κ2) is 6.72. The van der Waals surface area contributed by atoms with Crippen LogP contribution in [-0.4, -0.2) is 43.3 Å². The standard InChI is InChI=1S/C14H30N2O/c1-5-13-6-7-14(10-13,11-15)16(4)8-9-17-12(2)3/h12-13H,5-11,15H2,1-4H3. The first-order valence-corrected chi connectivity index (χ1v) is 7.07. The van der Waals surface area contributed by atoms with E-state index >= 15 is 0 Å². The van der Waals surface area contributed by atoms with Gasteiger partial charge in [-0.25, -0.2) is 0 Å². The fourth-order valence-corrected chi connectivity index (χ4v) is 2.91. The second-order valence-electron chi connectivity index (χ2n) is 5.79. The molecule has 1 rings (SSSR count). The molecule has 0 spiro atoms. The first-order chi connectivity index (χ1) is 8.04. The van der Waals surface area contributed by atoms with E-state index in [4.69, 9.17) is 10.5 Å². The Kier molecular flexibility index (Phi) is 5.90. The molecule has 1 fully saturated rings. The van der Waals surface area contributed by atoms with E-state index in [2.05, 4.69) is 32.7 Å². The van der Waals surface area contributed by atoms with E-state index in [0.717, 1.165) is 25.6 Å². The van der Waals surface area contributed by atoms with Crippen LogP contribution in [0.1, 0.15) is 46.5 Å². The SMILES string of the molecule is CCC1CCC(CN)(N(C)CCOC(C)C)C1. The van der Waals surface area contributed by atoms with Crippen molar-refractivity contribution in [1.82, 2.24) is 4.90 Å². The Morgan fingerprint density at radius 2 is 2.18 bits per heavy atom. The lowest BCUT2D eigenvalue weighted by Gasteiger charge is -2.38. The molecule has 0 radical (unpaired) electrons. The maximum atomic E-state index is 6.04. The fourth-order valence-electron chi connectivity index (χ4n) is 2.91. The molecule has 102 valence electrons. The Balaban J connectivity index is 2.44. The molecule has 2 atom stereocenters. The van der Waals surface area contributed by atoms with E-state index < -0.39 is 0 Å². The molecule has 2 N–H and O–H groups in total. The van der Waals surface area contributed by atoms with Gasteiger partial charge in [-0.05, 0) is 46.1 Å². The summed E-state index contributed by atoms with van der Waals surface area (Å²) in [6.45, 7) is 9.04. The lowest BCUT2D eigenvalue weighted by atomic mass is 9.93. The molecule has 0 aromatic heterocycles. The lowest BCUT2D eigenvalue weighted by molar-refractivity contribution is 0.0352. The number of ether oxygens (including phenoxy) is 1. The highest BCUT2D eigenvalue weighted by molar-refractivity contribution is 4.97. The van der Waals surface area contributed by atoms with Gasteiger partial charge in [0.1, 0.15) is 0 Å². The molecule has 0 aromatic rings. The van der Waals surface area contributed by atoms with Gasteiger partial charge in [-0.3, -0.25) is 4.90 Å². The Morgan fingerprint density at radius 3 is 2.65 bits per heavy atom. The number of rotatable bonds is 7. The first-order valence-electron chi connectivity index (χ1n) is 7.07. The minimum absolute atomic E-state index is 0.237. The van der Waals surface area contributed by atoms with Crippen molar-refractivity contribution >= 4 is 0 Å². The van der Waals surface area contributed by atoms with Crippen LogP contribution in [-0.2, 0) is 4.74 Å². The van der Waals surface area contributed by atoms with Gasteiger partial charge in [0, 0.05) is 18.6 Å². The number of hydrogen-bond donors (Lipinski definition) is 1. The number of nitrogens with zero attached hydrogens (tertiary/aromatic N) is 1. The van der Waals surface area contributed by atoms with Gasteiger partial charge < -0.3 is 10.5 Å². The van der Waals surface area contributed by atoms with Crippen molar-refractivity contribution in [3.8, 4) is 0 Å². The van der Waals surface area contributed by atoms with Crippen LogP contribution in [0.2, 0.25) is 0 Å². The largest absolute Gasteiger partial charge is 0.377 e. The van der Waals surface area contributed by atoms with Gasteiger partial charge in [0.05, 0.1) is 12.7 Å². The van der Waals surface area contributed by atoms with Crippen LogP contribution in [0.4, 0.5) is 0 Å². The maximum absolute atomic E-state index is 6.04. The molecule has 3 heteroatoms. The van der Waals surface area contributed by atoms with Crippen molar-refractivity contribution in [2.24, 2.45) is 11.7 Å². The quantitative estimate of drug-likeness (QED) is 0.744. The molecule has 2 unspecified atom stereocenters. The predicted molar refractivity (Wildman–Crippen MR) is 73.1 cm³/mol. The van der Waals surface area contributed by atoms with Crippen LogP contribution in [0, 0.1) is 5.92 Å². The summed E-state index contributed by atoms with van der Waals surface area (Å²) in [7, 11) is 2.20. The Morgan fingerprint density at radius 1 is 1.47 bits per heavy atom. The maximum Gasteiger partial charge on any atom is 0.0597 e. The molecule has 0 aromatic carbocycles. The third-order valence-corrected chi connectivity index (χ3v) is 4.33. The van der Waals surface area contributed by atoms with Crippen molar-refractivity contribution in [3.63, 3.8) is 0 Å². The van der Waals surface area contributed by atoms with Crippen molar-refractivity contribution in [1.29, 1.82) is 0 Å². The van der Waals surface area contributed by atoms with E-state index in [-0.39, 0.29) is 5.54 Å². The zero-order valence-electron chi connectivity index (χ0n) is 12.0. The molecular formula is C14H30N2O.